The molecule has 29 heavy (non-hydrogen) atoms. The van der Waals surface area contributed by atoms with Crippen molar-refractivity contribution in [3.05, 3.63) is 69.3 Å². The summed E-state index contributed by atoms with van der Waals surface area (Å²) < 4.78 is 10.5. The maximum absolute atomic E-state index is 12.7. The van der Waals surface area contributed by atoms with E-state index in [0.29, 0.717) is 13.1 Å². The summed E-state index contributed by atoms with van der Waals surface area (Å²) in [5.74, 6) is -1.02. The second-order valence-corrected chi connectivity index (χ2v) is 6.70. The third-order valence-electron chi connectivity index (χ3n) is 4.77. The zero-order valence-corrected chi connectivity index (χ0v) is 16.3. The molecule has 1 aliphatic rings. The van der Waals surface area contributed by atoms with Gasteiger partial charge in [-0.05, 0) is 43.5 Å². The summed E-state index contributed by atoms with van der Waals surface area (Å²) in [5.41, 5.74) is 1.95. The highest BCUT2D eigenvalue weighted by molar-refractivity contribution is 5.93. The van der Waals surface area contributed by atoms with E-state index < -0.39 is 17.0 Å². The monoisotopic (exact) mass is 398 g/mol. The molecule has 0 N–H and O–H groups in total. The molecule has 152 valence electrons. The first-order chi connectivity index (χ1) is 13.9. The number of esters is 1. The Morgan fingerprint density at radius 2 is 1.93 bits per heavy atom. The molecule has 0 spiro atoms. The lowest BCUT2D eigenvalue weighted by Crippen LogP contribution is -2.42. The third-order valence-corrected chi connectivity index (χ3v) is 4.77. The van der Waals surface area contributed by atoms with Gasteiger partial charge in [0.25, 0.3) is 5.91 Å². The standard InChI is InChI=1S/C21H22N2O6/c1-3-28-19-9-8-16(12-18(19)23(26)27)21(25)29-14(2)20(24)22-11-10-15-6-4-5-7-17(15)13-22/h4-9,12,14H,3,10-11,13H2,1-2H3/t14-/m1/s1. The summed E-state index contributed by atoms with van der Waals surface area (Å²) in [5, 5.41) is 11.2. The molecule has 1 aliphatic heterocycles. The quantitative estimate of drug-likeness (QED) is 0.421. The van der Waals surface area contributed by atoms with Crippen molar-refractivity contribution in [3.8, 4) is 5.75 Å². The Hall–Kier alpha value is -3.42. The highest BCUT2D eigenvalue weighted by Crippen LogP contribution is 2.28. The molecule has 0 saturated heterocycles. The molecule has 0 radical (unpaired) electrons. The number of amides is 1. The van der Waals surface area contributed by atoms with Gasteiger partial charge in [-0.3, -0.25) is 14.9 Å². The maximum atomic E-state index is 12.7. The first-order valence-corrected chi connectivity index (χ1v) is 9.38. The van der Waals surface area contributed by atoms with Gasteiger partial charge in [0.05, 0.1) is 17.1 Å². The Labute approximate surface area is 168 Å². The molecule has 0 aromatic heterocycles. The van der Waals surface area contributed by atoms with Crippen molar-refractivity contribution >= 4 is 17.6 Å². The average molecular weight is 398 g/mol. The van der Waals surface area contributed by atoms with E-state index >= 15 is 0 Å². The van der Waals surface area contributed by atoms with Gasteiger partial charge in [-0.1, -0.05) is 24.3 Å². The van der Waals surface area contributed by atoms with Crippen molar-refractivity contribution in [1.82, 2.24) is 4.90 Å². The Morgan fingerprint density at radius 3 is 2.62 bits per heavy atom. The number of nitrogens with zero attached hydrogens (tertiary/aromatic N) is 2. The van der Waals surface area contributed by atoms with E-state index in [1.807, 2.05) is 24.3 Å². The second-order valence-electron chi connectivity index (χ2n) is 6.70. The molecule has 8 nitrogen and oxygen atoms in total. The molecule has 2 aromatic carbocycles. The number of nitro groups is 1. The number of nitro benzene ring substituents is 1. The highest BCUT2D eigenvalue weighted by Gasteiger charge is 2.28. The van der Waals surface area contributed by atoms with Crippen LogP contribution in [0.15, 0.2) is 42.5 Å². The molecule has 1 amide bonds. The van der Waals surface area contributed by atoms with Crippen molar-refractivity contribution in [3.63, 3.8) is 0 Å². The Morgan fingerprint density at radius 1 is 1.21 bits per heavy atom. The summed E-state index contributed by atoms with van der Waals surface area (Å²) >= 11 is 0. The number of carbonyl (C=O) groups excluding carboxylic acids is 2. The van der Waals surface area contributed by atoms with Gasteiger partial charge in [0, 0.05) is 19.2 Å². The van der Waals surface area contributed by atoms with Crippen LogP contribution in [-0.4, -0.2) is 41.0 Å². The van der Waals surface area contributed by atoms with Crippen LogP contribution in [0.1, 0.15) is 35.3 Å². The van der Waals surface area contributed by atoms with Crippen LogP contribution in [0, 0.1) is 10.1 Å². The van der Waals surface area contributed by atoms with Crippen LogP contribution in [0.5, 0.6) is 5.75 Å². The van der Waals surface area contributed by atoms with Crippen molar-refractivity contribution in [2.24, 2.45) is 0 Å². The molecule has 3 rings (SSSR count). The summed E-state index contributed by atoms with van der Waals surface area (Å²) in [6.07, 6.45) is -0.258. The van der Waals surface area contributed by atoms with E-state index in [-0.39, 0.29) is 29.5 Å². The number of carbonyl (C=O) groups is 2. The lowest BCUT2D eigenvalue weighted by molar-refractivity contribution is -0.385. The minimum Gasteiger partial charge on any atom is -0.487 e. The number of fused-ring (bicyclic) bond motifs is 1. The molecule has 0 unspecified atom stereocenters. The van der Waals surface area contributed by atoms with Crippen LogP contribution in [0.25, 0.3) is 0 Å². The Kier molecular flexibility index (Phi) is 6.11. The summed E-state index contributed by atoms with van der Waals surface area (Å²) in [6.45, 7) is 4.48. The van der Waals surface area contributed by atoms with Crippen LogP contribution >= 0.6 is 0 Å². The maximum Gasteiger partial charge on any atom is 0.339 e. The Bertz CT molecular complexity index is 943. The van der Waals surface area contributed by atoms with Gasteiger partial charge in [-0.15, -0.1) is 0 Å². The first kappa shape index (κ1) is 20.3. The number of hydrogen-bond donors (Lipinski definition) is 0. The van der Waals surface area contributed by atoms with E-state index in [2.05, 4.69) is 0 Å². The highest BCUT2D eigenvalue weighted by atomic mass is 16.6. The van der Waals surface area contributed by atoms with Crippen LogP contribution in [0.4, 0.5) is 5.69 Å². The molecular weight excluding hydrogens is 376 g/mol. The largest absolute Gasteiger partial charge is 0.487 e. The average Bonchev–Trinajstić information content (AvgIpc) is 2.73. The van der Waals surface area contributed by atoms with Gasteiger partial charge in [0.15, 0.2) is 11.9 Å². The molecule has 8 heteroatoms. The van der Waals surface area contributed by atoms with Gasteiger partial charge >= 0.3 is 11.7 Å². The second kappa shape index (κ2) is 8.72. The van der Waals surface area contributed by atoms with Gasteiger partial charge in [-0.2, -0.15) is 0 Å². The third kappa shape index (κ3) is 4.53. The van der Waals surface area contributed by atoms with Crippen molar-refractivity contribution in [2.75, 3.05) is 13.2 Å². The van der Waals surface area contributed by atoms with Gasteiger partial charge < -0.3 is 14.4 Å². The van der Waals surface area contributed by atoms with Crippen molar-refractivity contribution in [2.45, 2.75) is 32.9 Å². The number of rotatable bonds is 6. The molecule has 1 heterocycles. The molecule has 0 bridgehead atoms. The summed E-state index contributed by atoms with van der Waals surface area (Å²) in [7, 11) is 0. The predicted octanol–water partition coefficient (Wildman–Crippen LogP) is 3.12. The minimum absolute atomic E-state index is 0.0104. The normalized spacial score (nSPS) is 13.9. The number of ether oxygens (including phenoxy) is 2. The Balaban J connectivity index is 1.68. The van der Waals surface area contributed by atoms with Crippen LogP contribution < -0.4 is 4.74 Å². The zero-order valence-electron chi connectivity index (χ0n) is 16.3. The summed E-state index contributed by atoms with van der Waals surface area (Å²) in [6, 6.07) is 11.7. The minimum atomic E-state index is -1.00. The molecule has 2 aromatic rings. The SMILES string of the molecule is CCOc1ccc(C(=O)O[C@H](C)C(=O)N2CCc3ccccc3C2)cc1[N+](=O)[O-]. The summed E-state index contributed by atoms with van der Waals surface area (Å²) in [4.78, 5) is 37.4. The van der Waals surface area contributed by atoms with E-state index in [4.69, 9.17) is 9.47 Å². The first-order valence-electron chi connectivity index (χ1n) is 9.38. The molecular formula is C21H22N2O6. The lowest BCUT2D eigenvalue weighted by atomic mass is 9.99. The van der Waals surface area contributed by atoms with E-state index in [1.165, 1.54) is 24.6 Å². The van der Waals surface area contributed by atoms with Crippen LogP contribution in [0.3, 0.4) is 0 Å². The molecule has 0 saturated carbocycles. The van der Waals surface area contributed by atoms with Crippen molar-refractivity contribution in [1.29, 1.82) is 0 Å². The lowest BCUT2D eigenvalue weighted by Gasteiger charge is -2.30. The van der Waals surface area contributed by atoms with E-state index in [1.54, 1.807) is 11.8 Å². The molecule has 0 aliphatic carbocycles. The predicted molar refractivity (Wildman–Crippen MR) is 105 cm³/mol. The fourth-order valence-electron chi connectivity index (χ4n) is 3.28. The fourth-order valence-corrected chi connectivity index (χ4v) is 3.28. The topological polar surface area (TPSA) is 99.0 Å². The smallest absolute Gasteiger partial charge is 0.339 e. The van der Waals surface area contributed by atoms with Crippen LogP contribution in [0.2, 0.25) is 0 Å². The van der Waals surface area contributed by atoms with E-state index in [0.717, 1.165) is 18.1 Å². The fraction of sp³-hybridized carbons (Fsp3) is 0.333. The van der Waals surface area contributed by atoms with E-state index in [9.17, 15) is 19.7 Å². The molecule has 0 fully saturated rings. The van der Waals surface area contributed by atoms with Crippen LogP contribution in [-0.2, 0) is 22.5 Å². The number of benzene rings is 2. The zero-order chi connectivity index (χ0) is 21.0. The van der Waals surface area contributed by atoms with Gasteiger partial charge in [-0.25, -0.2) is 4.79 Å². The molecule has 1 atom stereocenters. The number of hydrogen-bond acceptors (Lipinski definition) is 6. The van der Waals surface area contributed by atoms with Gasteiger partial charge in [0.2, 0.25) is 0 Å². The van der Waals surface area contributed by atoms with Crippen molar-refractivity contribution < 1.29 is 24.0 Å². The van der Waals surface area contributed by atoms with Gasteiger partial charge in [0.1, 0.15) is 0 Å².